The number of para-hydroxylation sites is 1. The molecule has 36 heavy (non-hydrogen) atoms. The number of likely N-dealkylation sites (tertiary alicyclic amines) is 1. The molecule has 3 aromatic rings. The van der Waals surface area contributed by atoms with E-state index in [0.29, 0.717) is 35.0 Å². The lowest BCUT2D eigenvalue weighted by molar-refractivity contribution is -0.153. The van der Waals surface area contributed by atoms with Crippen molar-refractivity contribution in [2.45, 2.75) is 37.6 Å². The number of methoxy groups -OCH3 is 1. The smallest absolute Gasteiger partial charge is 0.255 e. The number of ether oxygens (including phenoxy) is 1. The molecule has 2 amide bonds. The van der Waals surface area contributed by atoms with Gasteiger partial charge in [0.15, 0.2) is 12.2 Å². The standard InChI is InChI=1S/C27H28ClN3O5/c1-36-23-10-3-2-8-20(23)21-12-11-17(15-29-21)16-30-26(34)24(32)25(33)27(35)31-13-5-9-22(31)18-6-4-7-19(28)14-18/h2-4,6-8,10-12,14-15,22,24-25,32-33H,5,9,13,16H2,1H3,(H,30,34)/t22?,24-,25-/m1/s1. The van der Waals surface area contributed by atoms with Crippen molar-refractivity contribution in [2.24, 2.45) is 0 Å². The number of aliphatic hydroxyl groups excluding tert-OH is 2. The van der Waals surface area contributed by atoms with Crippen LogP contribution in [0.4, 0.5) is 0 Å². The van der Waals surface area contributed by atoms with Gasteiger partial charge in [-0.15, -0.1) is 0 Å². The summed E-state index contributed by atoms with van der Waals surface area (Å²) < 4.78 is 5.37. The summed E-state index contributed by atoms with van der Waals surface area (Å²) in [6, 6.07) is 18.0. The van der Waals surface area contributed by atoms with Crippen molar-refractivity contribution < 1.29 is 24.5 Å². The van der Waals surface area contributed by atoms with E-state index < -0.39 is 24.0 Å². The maximum Gasteiger partial charge on any atom is 0.255 e. The fourth-order valence-electron chi connectivity index (χ4n) is 4.38. The van der Waals surface area contributed by atoms with Crippen molar-refractivity contribution in [1.29, 1.82) is 0 Å². The van der Waals surface area contributed by atoms with E-state index in [4.69, 9.17) is 16.3 Å². The quantitative estimate of drug-likeness (QED) is 0.430. The molecule has 1 unspecified atom stereocenters. The van der Waals surface area contributed by atoms with Crippen molar-refractivity contribution in [3.05, 3.63) is 83.0 Å². The maximum absolute atomic E-state index is 12.9. The van der Waals surface area contributed by atoms with Crippen LogP contribution in [0.2, 0.25) is 5.02 Å². The minimum atomic E-state index is -1.90. The van der Waals surface area contributed by atoms with Gasteiger partial charge in [-0.2, -0.15) is 0 Å². The van der Waals surface area contributed by atoms with Crippen molar-refractivity contribution in [3.63, 3.8) is 0 Å². The van der Waals surface area contributed by atoms with Gasteiger partial charge in [-0.25, -0.2) is 0 Å². The van der Waals surface area contributed by atoms with Gasteiger partial charge in [0, 0.05) is 29.9 Å². The number of rotatable bonds is 8. The highest BCUT2D eigenvalue weighted by Gasteiger charge is 2.38. The van der Waals surface area contributed by atoms with Crippen LogP contribution in [-0.4, -0.2) is 57.8 Å². The highest BCUT2D eigenvalue weighted by molar-refractivity contribution is 6.30. The first-order valence-corrected chi connectivity index (χ1v) is 12.0. The first-order valence-electron chi connectivity index (χ1n) is 11.7. The summed E-state index contributed by atoms with van der Waals surface area (Å²) in [5, 5.41) is 24.0. The molecule has 3 N–H and O–H groups in total. The third kappa shape index (κ3) is 5.67. The third-order valence-corrected chi connectivity index (χ3v) is 6.50. The average Bonchev–Trinajstić information content (AvgIpc) is 3.41. The van der Waals surface area contributed by atoms with Crippen molar-refractivity contribution in [2.75, 3.05) is 13.7 Å². The highest BCUT2D eigenvalue weighted by atomic mass is 35.5. The van der Waals surface area contributed by atoms with E-state index in [1.165, 1.54) is 4.90 Å². The second-order valence-corrected chi connectivity index (χ2v) is 9.04. The molecule has 1 saturated heterocycles. The number of carbonyl (C=O) groups excluding carboxylic acids is 2. The lowest BCUT2D eigenvalue weighted by atomic mass is 10.0. The number of aliphatic hydroxyl groups is 2. The Morgan fingerprint density at radius 3 is 2.67 bits per heavy atom. The van der Waals surface area contributed by atoms with Crippen LogP contribution in [0.25, 0.3) is 11.3 Å². The molecule has 1 aliphatic heterocycles. The van der Waals surface area contributed by atoms with E-state index in [1.807, 2.05) is 30.3 Å². The number of pyridine rings is 1. The third-order valence-electron chi connectivity index (χ3n) is 6.26. The number of amides is 2. The van der Waals surface area contributed by atoms with E-state index in [9.17, 15) is 19.8 Å². The molecule has 0 spiro atoms. The number of aromatic nitrogens is 1. The highest BCUT2D eigenvalue weighted by Crippen LogP contribution is 2.33. The normalized spacial score (nSPS) is 16.9. The zero-order chi connectivity index (χ0) is 25.7. The molecule has 8 nitrogen and oxygen atoms in total. The van der Waals surface area contributed by atoms with Crippen LogP contribution in [0, 0.1) is 0 Å². The van der Waals surface area contributed by atoms with Crippen LogP contribution < -0.4 is 10.1 Å². The van der Waals surface area contributed by atoms with Crippen molar-refractivity contribution >= 4 is 23.4 Å². The van der Waals surface area contributed by atoms with Gasteiger partial charge in [0.2, 0.25) is 0 Å². The molecule has 3 atom stereocenters. The predicted octanol–water partition coefficient (Wildman–Crippen LogP) is 3.11. The molecule has 0 radical (unpaired) electrons. The van der Waals surface area contributed by atoms with E-state index in [0.717, 1.165) is 17.5 Å². The zero-order valence-corrected chi connectivity index (χ0v) is 20.6. The number of hydrogen-bond donors (Lipinski definition) is 3. The first-order chi connectivity index (χ1) is 17.4. The van der Waals surface area contributed by atoms with E-state index in [-0.39, 0.29) is 12.6 Å². The van der Waals surface area contributed by atoms with Gasteiger partial charge in [-0.3, -0.25) is 14.6 Å². The van der Waals surface area contributed by atoms with Crippen molar-refractivity contribution in [1.82, 2.24) is 15.2 Å². The summed E-state index contributed by atoms with van der Waals surface area (Å²) in [6.07, 6.45) is -0.723. The lowest BCUT2D eigenvalue weighted by Gasteiger charge is -2.28. The summed E-state index contributed by atoms with van der Waals surface area (Å²) in [5.74, 6) is -0.838. The number of halogens is 1. The molecule has 1 aliphatic rings. The summed E-state index contributed by atoms with van der Waals surface area (Å²) in [7, 11) is 1.59. The molecular formula is C27H28ClN3O5. The van der Waals surface area contributed by atoms with Gasteiger partial charge in [0.25, 0.3) is 11.8 Å². The number of hydrogen-bond acceptors (Lipinski definition) is 6. The molecule has 0 bridgehead atoms. The summed E-state index contributed by atoms with van der Waals surface area (Å²) >= 11 is 6.09. The molecule has 9 heteroatoms. The minimum absolute atomic E-state index is 0.0743. The Labute approximate surface area is 214 Å². The summed E-state index contributed by atoms with van der Waals surface area (Å²) in [4.78, 5) is 31.4. The van der Waals surface area contributed by atoms with E-state index in [1.54, 1.807) is 43.6 Å². The van der Waals surface area contributed by atoms with Crippen LogP contribution in [-0.2, 0) is 16.1 Å². The molecule has 0 saturated carbocycles. The second kappa shape index (κ2) is 11.5. The van der Waals surface area contributed by atoms with Crippen LogP contribution in [0.3, 0.4) is 0 Å². The van der Waals surface area contributed by atoms with Gasteiger partial charge >= 0.3 is 0 Å². The second-order valence-electron chi connectivity index (χ2n) is 8.60. The first kappa shape index (κ1) is 25.6. The minimum Gasteiger partial charge on any atom is -0.496 e. The Kier molecular flexibility index (Phi) is 8.20. The van der Waals surface area contributed by atoms with E-state index >= 15 is 0 Å². The zero-order valence-electron chi connectivity index (χ0n) is 19.8. The molecular weight excluding hydrogens is 482 g/mol. The van der Waals surface area contributed by atoms with Crippen LogP contribution in [0.15, 0.2) is 66.9 Å². The number of nitrogens with one attached hydrogen (secondary N) is 1. The lowest BCUT2D eigenvalue weighted by Crippen LogP contribution is -2.50. The molecule has 1 aromatic heterocycles. The largest absolute Gasteiger partial charge is 0.496 e. The van der Waals surface area contributed by atoms with Crippen molar-refractivity contribution in [3.8, 4) is 17.0 Å². The molecule has 2 heterocycles. The maximum atomic E-state index is 12.9. The molecule has 1 fully saturated rings. The van der Waals surface area contributed by atoms with Crippen LogP contribution in [0.1, 0.15) is 30.0 Å². The summed E-state index contributed by atoms with van der Waals surface area (Å²) in [5.41, 5.74) is 3.09. The molecule has 4 rings (SSSR count). The fraction of sp³-hybridized carbons (Fsp3) is 0.296. The van der Waals surface area contributed by atoms with Gasteiger partial charge in [-0.05, 0) is 54.3 Å². The molecule has 0 aliphatic carbocycles. The summed E-state index contributed by atoms with van der Waals surface area (Å²) in [6.45, 7) is 0.497. The Morgan fingerprint density at radius 2 is 1.94 bits per heavy atom. The van der Waals surface area contributed by atoms with Gasteiger partial charge in [0.05, 0.1) is 18.8 Å². The van der Waals surface area contributed by atoms with Crippen LogP contribution in [0.5, 0.6) is 5.75 Å². The topological polar surface area (TPSA) is 112 Å². The molecule has 2 aromatic carbocycles. The SMILES string of the molecule is COc1ccccc1-c1ccc(CNC(=O)[C@H](O)[C@@H](O)C(=O)N2CCCC2c2cccc(Cl)c2)cn1. The average molecular weight is 510 g/mol. The number of nitrogens with zero attached hydrogens (tertiary/aromatic N) is 2. The fourth-order valence-corrected chi connectivity index (χ4v) is 4.58. The Balaban J connectivity index is 1.35. The Bertz CT molecular complexity index is 1220. The number of carbonyl (C=O) groups is 2. The van der Waals surface area contributed by atoms with Gasteiger partial charge in [-0.1, -0.05) is 41.9 Å². The van der Waals surface area contributed by atoms with Gasteiger partial charge < -0.3 is 25.2 Å². The van der Waals surface area contributed by atoms with E-state index in [2.05, 4.69) is 10.3 Å². The Morgan fingerprint density at radius 1 is 1.14 bits per heavy atom. The predicted molar refractivity (Wildman–Crippen MR) is 135 cm³/mol. The number of benzene rings is 2. The Hall–Kier alpha value is -3.46. The van der Waals surface area contributed by atoms with Gasteiger partial charge in [0.1, 0.15) is 5.75 Å². The monoisotopic (exact) mass is 509 g/mol. The van der Waals surface area contributed by atoms with Crippen LogP contribution >= 0.6 is 11.6 Å². The molecule has 188 valence electrons.